The molecule has 1 amide bonds. The maximum Gasteiger partial charge on any atom is 0.256 e. The summed E-state index contributed by atoms with van der Waals surface area (Å²) >= 11 is 7.42. The van der Waals surface area contributed by atoms with Crippen LogP contribution in [0.25, 0.3) is 0 Å². The van der Waals surface area contributed by atoms with Crippen molar-refractivity contribution in [2.75, 3.05) is 5.32 Å². The number of halogens is 1. The zero-order valence-corrected chi connectivity index (χ0v) is 18.1. The normalized spacial score (nSPS) is 15.2. The highest BCUT2D eigenvalue weighted by Crippen LogP contribution is 2.39. The number of fused-ring (bicyclic) bond motifs is 1. The van der Waals surface area contributed by atoms with Gasteiger partial charge in [-0.15, -0.1) is 11.3 Å². The summed E-state index contributed by atoms with van der Waals surface area (Å²) in [5, 5.41) is 13.9. The fourth-order valence-corrected chi connectivity index (χ4v) is 5.06. The van der Waals surface area contributed by atoms with Gasteiger partial charge >= 0.3 is 0 Å². The Balaban J connectivity index is 1.42. The quantitative estimate of drug-likeness (QED) is 0.515. The Kier molecular flexibility index (Phi) is 6.08. The number of hydrogen-bond acceptors (Lipinski definition) is 4. The monoisotopic (exact) mass is 436 g/mol. The van der Waals surface area contributed by atoms with Crippen molar-refractivity contribution >= 4 is 33.8 Å². The number of nitrogens with one attached hydrogen (secondary N) is 1. The first-order valence-corrected chi connectivity index (χ1v) is 11.1. The van der Waals surface area contributed by atoms with Crippen molar-refractivity contribution in [3.8, 4) is 11.8 Å². The number of ether oxygens (including phenoxy) is 1. The van der Waals surface area contributed by atoms with E-state index in [1.54, 1.807) is 24.3 Å². The molecule has 0 spiro atoms. The number of amides is 1. The van der Waals surface area contributed by atoms with Gasteiger partial charge in [0.25, 0.3) is 5.91 Å². The lowest BCUT2D eigenvalue weighted by molar-refractivity contribution is 0.102. The predicted molar refractivity (Wildman–Crippen MR) is 120 cm³/mol. The summed E-state index contributed by atoms with van der Waals surface area (Å²) in [6.45, 7) is 2.63. The van der Waals surface area contributed by atoms with Crippen LogP contribution in [0.4, 0.5) is 5.00 Å². The Hall–Kier alpha value is -2.81. The summed E-state index contributed by atoms with van der Waals surface area (Å²) in [5.74, 6) is 1.15. The number of rotatable bonds is 5. The maximum absolute atomic E-state index is 12.7. The molecule has 0 fully saturated rings. The molecule has 0 aliphatic heterocycles. The highest BCUT2D eigenvalue weighted by Gasteiger charge is 2.24. The molecule has 0 radical (unpaired) electrons. The second kappa shape index (κ2) is 8.91. The van der Waals surface area contributed by atoms with Crippen LogP contribution < -0.4 is 10.1 Å². The lowest BCUT2D eigenvalue weighted by atomic mass is 9.88. The molecule has 1 N–H and O–H groups in total. The van der Waals surface area contributed by atoms with Crippen molar-refractivity contribution in [1.82, 2.24) is 0 Å². The third kappa shape index (κ3) is 4.51. The number of nitrogens with zero attached hydrogens (tertiary/aromatic N) is 1. The zero-order valence-electron chi connectivity index (χ0n) is 16.6. The van der Waals surface area contributed by atoms with Crippen LogP contribution in [-0.4, -0.2) is 5.91 Å². The number of carbonyl (C=O) groups excluding carboxylic acids is 1. The van der Waals surface area contributed by atoms with Crippen LogP contribution in [0.15, 0.2) is 48.5 Å². The van der Waals surface area contributed by atoms with Crippen LogP contribution in [0.5, 0.6) is 5.75 Å². The van der Waals surface area contributed by atoms with E-state index >= 15 is 0 Å². The SMILES string of the molecule is C[C@H]1CCc2c(sc(NC(=O)c3ccc(COc4ccc(Cl)cc4)cc3)c2C#N)C1. The van der Waals surface area contributed by atoms with Crippen LogP contribution in [0, 0.1) is 17.2 Å². The van der Waals surface area contributed by atoms with Gasteiger partial charge < -0.3 is 10.1 Å². The molecule has 1 aliphatic rings. The number of anilines is 1. The van der Waals surface area contributed by atoms with Gasteiger partial charge in [-0.2, -0.15) is 5.26 Å². The fourth-order valence-electron chi connectivity index (χ4n) is 3.58. The molecule has 6 heteroatoms. The number of nitriles is 1. The first-order valence-electron chi connectivity index (χ1n) is 9.87. The van der Waals surface area contributed by atoms with E-state index < -0.39 is 0 Å². The first-order chi connectivity index (χ1) is 14.5. The smallest absolute Gasteiger partial charge is 0.256 e. The Morgan fingerprint density at radius 1 is 1.23 bits per heavy atom. The fraction of sp³-hybridized carbons (Fsp3) is 0.250. The lowest BCUT2D eigenvalue weighted by Gasteiger charge is -2.17. The minimum atomic E-state index is -0.205. The van der Waals surface area contributed by atoms with Gasteiger partial charge in [-0.1, -0.05) is 30.7 Å². The highest BCUT2D eigenvalue weighted by molar-refractivity contribution is 7.16. The summed E-state index contributed by atoms with van der Waals surface area (Å²) in [6.07, 6.45) is 2.98. The second-order valence-corrected chi connectivity index (χ2v) is 9.10. The number of carbonyl (C=O) groups is 1. The Morgan fingerprint density at radius 3 is 2.67 bits per heavy atom. The third-order valence-electron chi connectivity index (χ3n) is 5.29. The highest BCUT2D eigenvalue weighted by atomic mass is 35.5. The number of benzene rings is 2. The maximum atomic E-state index is 12.7. The molecular weight excluding hydrogens is 416 g/mol. The van der Waals surface area contributed by atoms with Crippen molar-refractivity contribution in [1.29, 1.82) is 5.26 Å². The topological polar surface area (TPSA) is 62.1 Å². The third-order valence-corrected chi connectivity index (χ3v) is 6.71. The lowest BCUT2D eigenvalue weighted by Crippen LogP contribution is -2.12. The van der Waals surface area contributed by atoms with E-state index in [2.05, 4.69) is 18.3 Å². The van der Waals surface area contributed by atoms with Crippen molar-refractivity contribution in [2.24, 2.45) is 5.92 Å². The van der Waals surface area contributed by atoms with Gasteiger partial charge in [-0.05, 0) is 72.7 Å². The predicted octanol–water partition coefficient (Wildman–Crippen LogP) is 6.23. The molecule has 0 saturated heterocycles. The van der Waals surface area contributed by atoms with Gasteiger partial charge in [-0.3, -0.25) is 4.79 Å². The van der Waals surface area contributed by atoms with E-state index in [0.717, 1.165) is 36.1 Å². The van der Waals surface area contributed by atoms with Crippen molar-refractivity contribution in [2.45, 2.75) is 32.8 Å². The van der Waals surface area contributed by atoms with E-state index in [4.69, 9.17) is 16.3 Å². The molecule has 30 heavy (non-hydrogen) atoms. The van der Waals surface area contributed by atoms with Crippen molar-refractivity contribution < 1.29 is 9.53 Å². The Morgan fingerprint density at radius 2 is 1.97 bits per heavy atom. The zero-order chi connectivity index (χ0) is 21.1. The summed E-state index contributed by atoms with van der Waals surface area (Å²) in [5.41, 5.74) is 3.25. The first kappa shape index (κ1) is 20.5. The average molecular weight is 437 g/mol. The molecule has 4 nitrogen and oxygen atoms in total. The Labute approximate surface area is 185 Å². The van der Waals surface area contributed by atoms with Crippen LogP contribution in [-0.2, 0) is 19.4 Å². The van der Waals surface area contributed by atoms with E-state index in [1.807, 2.05) is 24.3 Å². The largest absolute Gasteiger partial charge is 0.489 e. The second-order valence-electron chi connectivity index (χ2n) is 7.56. The van der Waals surface area contributed by atoms with Crippen LogP contribution in [0.3, 0.4) is 0 Å². The molecule has 1 atom stereocenters. The molecule has 1 heterocycles. The van der Waals surface area contributed by atoms with E-state index in [9.17, 15) is 10.1 Å². The molecular formula is C24H21ClN2O2S. The summed E-state index contributed by atoms with van der Waals surface area (Å²) in [7, 11) is 0. The summed E-state index contributed by atoms with van der Waals surface area (Å²) in [4.78, 5) is 14.0. The van der Waals surface area contributed by atoms with Gasteiger partial charge in [0, 0.05) is 15.5 Å². The molecule has 0 saturated carbocycles. The molecule has 3 aromatic rings. The van der Waals surface area contributed by atoms with E-state index in [1.165, 1.54) is 16.2 Å². The molecule has 0 bridgehead atoms. The minimum Gasteiger partial charge on any atom is -0.489 e. The molecule has 1 aromatic heterocycles. The summed E-state index contributed by atoms with van der Waals surface area (Å²) < 4.78 is 5.73. The molecule has 0 unspecified atom stereocenters. The number of thiophene rings is 1. The van der Waals surface area contributed by atoms with E-state index in [-0.39, 0.29) is 5.91 Å². The standard InChI is InChI=1S/C24H21ClN2O2S/c1-15-2-11-20-21(13-26)24(30-22(20)12-15)27-23(28)17-5-3-16(4-6-17)14-29-19-9-7-18(25)8-10-19/h3-10,15H,2,11-12,14H2,1H3,(H,27,28)/t15-/m0/s1. The Bertz CT molecular complexity index is 1100. The van der Waals surface area contributed by atoms with Gasteiger partial charge in [0.15, 0.2) is 0 Å². The van der Waals surface area contributed by atoms with Crippen LogP contribution >= 0.6 is 22.9 Å². The minimum absolute atomic E-state index is 0.205. The molecule has 2 aromatic carbocycles. The van der Waals surface area contributed by atoms with Crippen LogP contribution in [0.2, 0.25) is 5.02 Å². The summed E-state index contributed by atoms with van der Waals surface area (Å²) in [6, 6.07) is 16.8. The number of hydrogen-bond donors (Lipinski definition) is 1. The van der Waals surface area contributed by atoms with Crippen LogP contribution in [0.1, 0.15) is 45.3 Å². The van der Waals surface area contributed by atoms with Gasteiger partial charge in [0.1, 0.15) is 23.4 Å². The van der Waals surface area contributed by atoms with Crippen molar-refractivity contribution in [3.05, 3.63) is 80.7 Å². The molecule has 1 aliphatic carbocycles. The molecule has 4 rings (SSSR count). The van der Waals surface area contributed by atoms with E-state index in [0.29, 0.717) is 33.7 Å². The molecule has 152 valence electrons. The van der Waals surface area contributed by atoms with Gasteiger partial charge in [0.2, 0.25) is 0 Å². The van der Waals surface area contributed by atoms with Gasteiger partial charge in [0.05, 0.1) is 5.56 Å². The van der Waals surface area contributed by atoms with Crippen molar-refractivity contribution in [3.63, 3.8) is 0 Å². The average Bonchev–Trinajstić information content (AvgIpc) is 3.09. The van der Waals surface area contributed by atoms with Gasteiger partial charge in [-0.25, -0.2) is 0 Å².